The van der Waals surface area contributed by atoms with E-state index >= 15 is 0 Å². The van der Waals surface area contributed by atoms with Crippen molar-refractivity contribution in [2.45, 2.75) is 46.1 Å². The number of hydrogen-bond donors (Lipinski definition) is 0. The predicted molar refractivity (Wildman–Crippen MR) is 97.9 cm³/mol. The van der Waals surface area contributed by atoms with Gasteiger partial charge in [0.2, 0.25) is 0 Å². The molecule has 0 saturated carbocycles. The molecule has 6 heteroatoms. The lowest BCUT2D eigenvalue weighted by Gasteiger charge is -2.35. The Morgan fingerprint density at radius 2 is 2.00 bits per heavy atom. The fourth-order valence-corrected chi connectivity index (χ4v) is 4.03. The van der Waals surface area contributed by atoms with Crippen LogP contribution < -0.4 is 0 Å². The third-order valence-electron chi connectivity index (χ3n) is 5.76. The first-order valence-corrected chi connectivity index (χ1v) is 9.77. The molecule has 2 fully saturated rings. The Bertz CT molecular complexity index is 568. The van der Waals surface area contributed by atoms with Gasteiger partial charge < -0.3 is 9.64 Å². The zero-order valence-electron chi connectivity index (χ0n) is 15.9. The van der Waals surface area contributed by atoms with Gasteiger partial charge in [0.05, 0.1) is 24.4 Å². The number of amides is 1. The van der Waals surface area contributed by atoms with E-state index in [1.807, 2.05) is 16.5 Å². The van der Waals surface area contributed by atoms with Crippen molar-refractivity contribution in [3.8, 4) is 0 Å². The molecule has 1 aromatic heterocycles. The molecule has 1 aromatic rings. The summed E-state index contributed by atoms with van der Waals surface area (Å²) >= 11 is 0. The summed E-state index contributed by atoms with van der Waals surface area (Å²) in [5.74, 6) is 0.807. The van der Waals surface area contributed by atoms with E-state index in [2.05, 4.69) is 23.8 Å². The maximum absolute atomic E-state index is 12.9. The summed E-state index contributed by atoms with van der Waals surface area (Å²) in [5.41, 5.74) is 1.77. The summed E-state index contributed by atoms with van der Waals surface area (Å²) < 4.78 is 7.50. The molecule has 25 heavy (non-hydrogen) atoms. The molecule has 2 saturated heterocycles. The van der Waals surface area contributed by atoms with Gasteiger partial charge in [0, 0.05) is 45.0 Å². The summed E-state index contributed by atoms with van der Waals surface area (Å²) in [4.78, 5) is 17.4. The monoisotopic (exact) mass is 348 g/mol. The first-order valence-electron chi connectivity index (χ1n) is 9.77. The minimum atomic E-state index is 0.138. The quantitative estimate of drug-likeness (QED) is 0.792. The average molecular weight is 348 g/mol. The molecule has 1 atom stereocenters. The van der Waals surface area contributed by atoms with Gasteiger partial charge in [-0.15, -0.1) is 0 Å². The molecule has 0 aromatic carbocycles. The molecule has 0 N–H and O–H groups in total. The maximum Gasteiger partial charge on any atom is 0.257 e. The second-order valence-corrected chi connectivity index (χ2v) is 7.38. The van der Waals surface area contributed by atoms with Gasteiger partial charge in [0.1, 0.15) is 0 Å². The van der Waals surface area contributed by atoms with E-state index in [0.29, 0.717) is 12.0 Å². The third-order valence-corrected chi connectivity index (χ3v) is 5.76. The van der Waals surface area contributed by atoms with E-state index in [1.165, 1.54) is 6.42 Å². The van der Waals surface area contributed by atoms with Gasteiger partial charge in [-0.1, -0.05) is 13.8 Å². The van der Waals surface area contributed by atoms with E-state index in [0.717, 1.165) is 70.0 Å². The molecule has 0 spiro atoms. The number of nitrogens with zero attached hydrogens (tertiary/aromatic N) is 4. The van der Waals surface area contributed by atoms with Gasteiger partial charge in [-0.3, -0.25) is 14.4 Å². The molecule has 3 heterocycles. The average Bonchev–Trinajstić information content (AvgIpc) is 3.27. The summed E-state index contributed by atoms with van der Waals surface area (Å²) in [6, 6.07) is 0.382. The van der Waals surface area contributed by atoms with Crippen LogP contribution in [0, 0.1) is 12.8 Å². The van der Waals surface area contributed by atoms with E-state index in [9.17, 15) is 4.79 Å². The Balaban J connectivity index is 1.57. The van der Waals surface area contributed by atoms with Gasteiger partial charge in [-0.05, 0) is 32.1 Å². The number of hydrogen-bond acceptors (Lipinski definition) is 4. The molecule has 140 valence electrons. The molecule has 0 unspecified atom stereocenters. The lowest BCUT2D eigenvalue weighted by atomic mass is 10.1. The molecule has 3 rings (SSSR count). The van der Waals surface area contributed by atoms with Gasteiger partial charge >= 0.3 is 0 Å². The lowest BCUT2D eigenvalue weighted by molar-refractivity contribution is 0.0610. The number of carbonyl (C=O) groups is 1. The van der Waals surface area contributed by atoms with Crippen molar-refractivity contribution >= 4 is 5.91 Å². The van der Waals surface area contributed by atoms with Gasteiger partial charge in [-0.2, -0.15) is 5.10 Å². The van der Waals surface area contributed by atoms with Crippen molar-refractivity contribution in [2.24, 2.45) is 5.92 Å². The van der Waals surface area contributed by atoms with Crippen LogP contribution in [-0.2, 0) is 4.74 Å². The van der Waals surface area contributed by atoms with Crippen molar-refractivity contribution < 1.29 is 9.53 Å². The van der Waals surface area contributed by atoms with Crippen LogP contribution >= 0.6 is 0 Å². The van der Waals surface area contributed by atoms with Crippen LogP contribution in [0.15, 0.2) is 6.20 Å². The number of ether oxygens (including phenoxy) is 1. The van der Waals surface area contributed by atoms with E-state index < -0.39 is 0 Å². The zero-order chi connectivity index (χ0) is 17.8. The van der Waals surface area contributed by atoms with Crippen molar-refractivity contribution in [1.82, 2.24) is 19.6 Å². The van der Waals surface area contributed by atoms with Crippen LogP contribution in [0.25, 0.3) is 0 Å². The van der Waals surface area contributed by atoms with Crippen LogP contribution in [-0.4, -0.2) is 71.4 Å². The van der Waals surface area contributed by atoms with E-state index in [-0.39, 0.29) is 5.91 Å². The summed E-state index contributed by atoms with van der Waals surface area (Å²) in [6.07, 6.45) is 5.01. The molecule has 0 aliphatic carbocycles. The molecule has 2 aliphatic rings. The highest BCUT2D eigenvalue weighted by Crippen LogP contribution is 2.21. The molecule has 0 bridgehead atoms. The molecule has 0 radical (unpaired) electrons. The maximum atomic E-state index is 12.9. The van der Waals surface area contributed by atoms with E-state index in [4.69, 9.17) is 4.74 Å². The van der Waals surface area contributed by atoms with Crippen LogP contribution in [0.5, 0.6) is 0 Å². The van der Waals surface area contributed by atoms with Crippen molar-refractivity contribution in [1.29, 1.82) is 0 Å². The van der Waals surface area contributed by atoms with Crippen LogP contribution in [0.2, 0.25) is 0 Å². The highest BCUT2D eigenvalue weighted by Gasteiger charge is 2.27. The smallest absolute Gasteiger partial charge is 0.257 e. The normalized spacial score (nSPS) is 22.1. The Hall–Kier alpha value is -1.40. The predicted octanol–water partition coefficient (Wildman–Crippen LogP) is 2.35. The Morgan fingerprint density at radius 1 is 1.28 bits per heavy atom. The minimum Gasteiger partial charge on any atom is -0.381 e. The second kappa shape index (κ2) is 8.32. The zero-order valence-corrected chi connectivity index (χ0v) is 15.9. The Kier molecular flexibility index (Phi) is 6.12. The number of rotatable bonds is 6. The van der Waals surface area contributed by atoms with E-state index in [1.54, 1.807) is 6.20 Å². The standard InChI is InChI=1S/C19H32N4O2/c1-4-17(5-2)23-15(3)18(12-20-23)19(24)22-9-7-21(8-10-22)13-16-6-11-25-14-16/h12,16-17H,4-11,13-14H2,1-3H3/t16-/m1/s1. The van der Waals surface area contributed by atoms with Crippen LogP contribution in [0.4, 0.5) is 0 Å². The molecular weight excluding hydrogens is 316 g/mol. The fourth-order valence-electron chi connectivity index (χ4n) is 4.03. The summed E-state index contributed by atoms with van der Waals surface area (Å²) in [6.45, 7) is 12.8. The number of piperazine rings is 1. The number of aromatic nitrogens is 2. The van der Waals surface area contributed by atoms with Gasteiger partial charge in [0.15, 0.2) is 0 Å². The topological polar surface area (TPSA) is 50.6 Å². The summed E-state index contributed by atoms with van der Waals surface area (Å²) in [7, 11) is 0. The Morgan fingerprint density at radius 3 is 2.60 bits per heavy atom. The third kappa shape index (κ3) is 4.06. The van der Waals surface area contributed by atoms with Crippen LogP contribution in [0.3, 0.4) is 0 Å². The largest absolute Gasteiger partial charge is 0.381 e. The molecule has 6 nitrogen and oxygen atoms in total. The lowest BCUT2D eigenvalue weighted by Crippen LogP contribution is -2.49. The molecule has 1 amide bonds. The Labute approximate surface area is 151 Å². The van der Waals surface area contributed by atoms with Crippen molar-refractivity contribution in [2.75, 3.05) is 45.9 Å². The highest BCUT2D eigenvalue weighted by atomic mass is 16.5. The molecule has 2 aliphatic heterocycles. The van der Waals surface area contributed by atoms with Crippen molar-refractivity contribution in [3.63, 3.8) is 0 Å². The SMILES string of the molecule is CCC(CC)n1ncc(C(=O)N2CCN(C[C@H]3CCOC3)CC2)c1C. The molecular formula is C19H32N4O2. The van der Waals surface area contributed by atoms with Crippen LogP contribution in [0.1, 0.15) is 55.2 Å². The first-order chi connectivity index (χ1) is 12.1. The van der Waals surface area contributed by atoms with Gasteiger partial charge in [0.25, 0.3) is 5.91 Å². The number of carbonyl (C=O) groups excluding carboxylic acids is 1. The highest BCUT2D eigenvalue weighted by molar-refractivity contribution is 5.95. The fraction of sp³-hybridized carbons (Fsp3) is 0.789. The van der Waals surface area contributed by atoms with Gasteiger partial charge in [-0.25, -0.2) is 0 Å². The summed E-state index contributed by atoms with van der Waals surface area (Å²) in [5, 5.41) is 4.50. The second-order valence-electron chi connectivity index (χ2n) is 7.38. The first kappa shape index (κ1) is 18.4. The minimum absolute atomic E-state index is 0.138. The van der Waals surface area contributed by atoms with Crippen molar-refractivity contribution in [3.05, 3.63) is 17.5 Å².